The van der Waals surface area contributed by atoms with Crippen molar-refractivity contribution < 1.29 is 9.18 Å². The molecule has 0 atom stereocenters. The minimum Gasteiger partial charge on any atom is -0.348 e. The second-order valence-corrected chi connectivity index (χ2v) is 8.19. The molecule has 134 valence electrons. The highest BCUT2D eigenvalue weighted by molar-refractivity contribution is 9.10. The van der Waals surface area contributed by atoms with Crippen LogP contribution in [-0.4, -0.2) is 10.8 Å². The number of H-pyrrole nitrogens is 1. The highest BCUT2D eigenvalue weighted by Gasteiger charge is 2.19. The van der Waals surface area contributed by atoms with Crippen LogP contribution >= 0.6 is 50.9 Å². The van der Waals surface area contributed by atoms with E-state index in [4.69, 9.17) is 23.2 Å². The molecule has 26 heavy (non-hydrogen) atoms. The van der Waals surface area contributed by atoms with Gasteiger partial charge in [-0.15, -0.1) is 11.8 Å². The first-order valence-corrected chi connectivity index (χ1v) is 9.94. The lowest BCUT2D eigenvalue weighted by Gasteiger charge is -2.11. The molecule has 2 aromatic carbocycles. The van der Waals surface area contributed by atoms with Gasteiger partial charge in [0.15, 0.2) is 5.78 Å². The van der Waals surface area contributed by atoms with E-state index in [2.05, 4.69) is 20.9 Å². The number of benzene rings is 2. The van der Waals surface area contributed by atoms with E-state index in [0.717, 1.165) is 5.56 Å². The number of hydrogen-bond acceptors (Lipinski definition) is 3. The van der Waals surface area contributed by atoms with Gasteiger partial charge in [-0.1, -0.05) is 29.3 Å². The van der Waals surface area contributed by atoms with Gasteiger partial charge in [-0.2, -0.15) is 0 Å². The third-order valence-corrected chi connectivity index (χ3v) is 6.08. The van der Waals surface area contributed by atoms with Crippen LogP contribution in [-0.2, 0) is 5.75 Å². The predicted octanol–water partition coefficient (Wildman–Crippen LogP) is 6.23. The zero-order valence-corrected chi connectivity index (χ0v) is 17.2. The number of carbonyl (C=O) groups is 1. The lowest BCUT2D eigenvalue weighted by Crippen LogP contribution is -2.17. The molecule has 0 unspecified atom stereocenters. The smallest absolute Gasteiger partial charge is 0.202 e. The fraction of sp³-hybridized carbons (Fsp3) is 0.111. The minimum atomic E-state index is -0.498. The number of Topliss-reactive ketones (excluding diaryl/α,β-unsaturated/α-hetero) is 1. The average Bonchev–Trinajstić information content (AvgIpc) is 2.58. The number of nitrogens with one attached hydrogen (secondary N) is 1. The Labute approximate surface area is 171 Å². The van der Waals surface area contributed by atoms with Crippen molar-refractivity contribution in [2.75, 3.05) is 0 Å². The topological polar surface area (TPSA) is 49.9 Å². The van der Waals surface area contributed by atoms with Gasteiger partial charge in [0.25, 0.3) is 0 Å². The molecule has 0 amide bonds. The van der Waals surface area contributed by atoms with E-state index in [1.807, 2.05) is 0 Å². The number of carbonyl (C=O) groups excluding carboxylic acids is 1. The summed E-state index contributed by atoms with van der Waals surface area (Å²) in [6.45, 7) is 1.33. The fourth-order valence-corrected chi connectivity index (χ4v) is 4.43. The van der Waals surface area contributed by atoms with Crippen LogP contribution in [0.4, 0.5) is 4.39 Å². The Kier molecular flexibility index (Phi) is 5.77. The van der Waals surface area contributed by atoms with Crippen LogP contribution < -0.4 is 5.43 Å². The number of aromatic nitrogens is 1. The number of halogens is 4. The van der Waals surface area contributed by atoms with Crippen LogP contribution in [0.3, 0.4) is 0 Å². The van der Waals surface area contributed by atoms with Crippen molar-refractivity contribution >= 4 is 67.6 Å². The number of pyridine rings is 1. The molecule has 0 saturated heterocycles. The van der Waals surface area contributed by atoms with Gasteiger partial charge in [0.1, 0.15) is 5.82 Å². The van der Waals surface area contributed by atoms with Crippen LogP contribution in [0.25, 0.3) is 10.9 Å². The van der Waals surface area contributed by atoms with Crippen LogP contribution in [0.15, 0.2) is 44.6 Å². The standard InChI is InChI=1S/C18H11BrCl2FNO2S/c1-8(24)14-17(25)15-11(20)4-3-10(19)16(15)23-18(14)26-7-9-2-5-13(22)12(21)6-9/h2-6H,7H2,1H3,(H,23,25). The minimum absolute atomic E-state index is 0.0245. The first-order valence-electron chi connectivity index (χ1n) is 7.41. The van der Waals surface area contributed by atoms with Gasteiger partial charge in [0.2, 0.25) is 5.43 Å². The molecular weight excluding hydrogens is 464 g/mol. The molecule has 0 aliphatic carbocycles. The third kappa shape index (κ3) is 3.69. The maximum Gasteiger partial charge on any atom is 0.202 e. The molecule has 3 rings (SSSR count). The van der Waals surface area contributed by atoms with Gasteiger partial charge < -0.3 is 4.98 Å². The fourth-order valence-electron chi connectivity index (χ4n) is 2.51. The molecule has 8 heteroatoms. The summed E-state index contributed by atoms with van der Waals surface area (Å²) in [5.41, 5.74) is 0.919. The summed E-state index contributed by atoms with van der Waals surface area (Å²) < 4.78 is 14.0. The lowest BCUT2D eigenvalue weighted by molar-refractivity contribution is 0.101. The Morgan fingerprint density at radius 3 is 2.62 bits per heavy atom. The Bertz CT molecular complexity index is 1100. The molecule has 0 aliphatic heterocycles. The Hall–Kier alpha value is -1.34. The highest BCUT2D eigenvalue weighted by Crippen LogP contribution is 2.32. The van der Waals surface area contributed by atoms with Crippen molar-refractivity contribution in [2.45, 2.75) is 17.7 Å². The summed E-state index contributed by atoms with van der Waals surface area (Å²) in [5.74, 6) is -0.453. The molecule has 1 heterocycles. The van der Waals surface area contributed by atoms with Gasteiger partial charge in [-0.05, 0) is 52.7 Å². The Balaban J connectivity index is 2.11. The first kappa shape index (κ1) is 19.4. The quantitative estimate of drug-likeness (QED) is 0.360. The molecule has 0 saturated carbocycles. The molecule has 0 fully saturated rings. The maximum atomic E-state index is 13.3. The van der Waals surface area contributed by atoms with Gasteiger partial charge in [0, 0.05) is 10.2 Å². The largest absolute Gasteiger partial charge is 0.348 e. The van der Waals surface area contributed by atoms with Crippen molar-refractivity contribution in [2.24, 2.45) is 0 Å². The van der Waals surface area contributed by atoms with E-state index in [1.54, 1.807) is 18.2 Å². The molecule has 1 aromatic heterocycles. The summed E-state index contributed by atoms with van der Waals surface area (Å²) in [4.78, 5) is 28.0. The molecular formula is C18H11BrCl2FNO2S. The normalized spacial score (nSPS) is 11.1. The summed E-state index contributed by atoms with van der Waals surface area (Å²) in [6.07, 6.45) is 0. The van der Waals surface area contributed by atoms with Gasteiger partial charge in [-0.3, -0.25) is 9.59 Å². The van der Waals surface area contributed by atoms with Gasteiger partial charge in [-0.25, -0.2) is 4.39 Å². The van der Waals surface area contributed by atoms with Crippen LogP contribution in [0, 0.1) is 5.82 Å². The zero-order valence-electron chi connectivity index (χ0n) is 13.3. The van der Waals surface area contributed by atoms with E-state index in [-0.39, 0.29) is 26.8 Å². The number of ketones is 1. The molecule has 0 aliphatic rings. The van der Waals surface area contributed by atoms with Crippen molar-refractivity contribution in [3.8, 4) is 0 Å². The summed E-state index contributed by atoms with van der Waals surface area (Å²) in [6, 6.07) is 7.73. The van der Waals surface area contributed by atoms with E-state index >= 15 is 0 Å². The van der Waals surface area contributed by atoms with Crippen molar-refractivity contribution in [1.82, 2.24) is 4.98 Å². The molecule has 0 radical (unpaired) electrons. The number of fused-ring (bicyclic) bond motifs is 1. The Morgan fingerprint density at radius 2 is 1.96 bits per heavy atom. The summed E-state index contributed by atoms with van der Waals surface area (Å²) >= 11 is 16.6. The third-order valence-electron chi connectivity index (χ3n) is 3.74. The maximum absolute atomic E-state index is 13.3. The SMILES string of the molecule is CC(=O)c1c(SCc2ccc(F)c(Cl)c2)[nH]c2c(Br)ccc(Cl)c2c1=O. The number of hydrogen-bond donors (Lipinski definition) is 1. The van der Waals surface area contributed by atoms with Crippen molar-refractivity contribution in [3.63, 3.8) is 0 Å². The summed E-state index contributed by atoms with van der Waals surface area (Å²) in [5, 5.41) is 0.990. The van der Waals surface area contributed by atoms with Crippen molar-refractivity contribution in [1.29, 1.82) is 0 Å². The second-order valence-electron chi connectivity index (χ2n) is 5.53. The number of thioether (sulfide) groups is 1. The van der Waals surface area contributed by atoms with E-state index in [0.29, 0.717) is 20.8 Å². The van der Waals surface area contributed by atoms with Gasteiger partial charge >= 0.3 is 0 Å². The van der Waals surface area contributed by atoms with Crippen LogP contribution in [0.2, 0.25) is 10.0 Å². The highest BCUT2D eigenvalue weighted by atomic mass is 79.9. The molecule has 1 N–H and O–H groups in total. The average molecular weight is 475 g/mol. The number of rotatable bonds is 4. The second kappa shape index (κ2) is 7.72. The first-order chi connectivity index (χ1) is 12.3. The lowest BCUT2D eigenvalue weighted by atomic mass is 10.1. The van der Waals surface area contributed by atoms with E-state index in [1.165, 1.54) is 30.8 Å². The molecule has 0 bridgehead atoms. The van der Waals surface area contributed by atoms with E-state index in [9.17, 15) is 14.0 Å². The number of aromatic amines is 1. The Morgan fingerprint density at radius 1 is 1.23 bits per heavy atom. The van der Waals surface area contributed by atoms with Crippen LogP contribution in [0.5, 0.6) is 0 Å². The van der Waals surface area contributed by atoms with Crippen molar-refractivity contribution in [3.05, 3.63) is 72.0 Å². The summed E-state index contributed by atoms with van der Waals surface area (Å²) in [7, 11) is 0. The molecule has 3 aromatic rings. The molecule has 0 spiro atoms. The monoisotopic (exact) mass is 473 g/mol. The molecule has 3 nitrogen and oxygen atoms in total. The van der Waals surface area contributed by atoms with Crippen LogP contribution in [0.1, 0.15) is 22.8 Å². The van der Waals surface area contributed by atoms with Gasteiger partial charge in [0.05, 0.1) is 31.5 Å². The van der Waals surface area contributed by atoms with E-state index < -0.39 is 11.2 Å². The predicted molar refractivity (Wildman–Crippen MR) is 108 cm³/mol. The zero-order chi connectivity index (χ0) is 19.0.